The summed E-state index contributed by atoms with van der Waals surface area (Å²) in [6.45, 7) is 1.99. The zero-order valence-electron chi connectivity index (χ0n) is 9.74. The first-order chi connectivity index (χ1) is 7.42. The molecule has 15 heavy (non-hydrogen) atoms. The van der Waals surface area contributed by atoms with Crippen LogP contribution in [0.4, 0.5) is 0 Å². The molecule has 0 aromatic rings. The standard InChI is InChI=1S/C13H23NO/c1-14-13(9-6-7-15-8-9)12-10-4-2-3-5-11(10)12/h9-14H,2-8H2,1H3. The second-order valence-corrected chi connectivity index (χ2v) is 5.63. The molecule has 0 radical (unpaired) electrons. The molecule has 1 aliphatic heterocycles. The van der Waals surface area contributed by atoms with Crippen LogP contribution in [0.3, 0.4) is 0 Å². The minimum Gasteiger partial charge on any atom is -0.381 e. The summed E-state index contributed by atoms with van der Waals surface area (Å²) >= 11 is 0. The molecule has 1 N–H and O–H groups in total. The lowest BCUT2D eigenvalue weighted by atomic mass is 9.93. The molecule has 0 aromatic carbocycles. The van der Waals surface area contributed by atoms with Gasteiger partial charge in [-0.1, -0.05) is 12.8 Å². The van der Waals surface area contributed by atoms with Crippen molar-refractivity contribution in [1.29, 1.82) is 0 Å². The Labute approximate surface area is 92.8 Å². The summed E-state index contributed by atoms with van der Waals surface area (Å²) in [5.41, 5.74) is 0. The van der Waals surface area contributed by atoms with Crippen LogP contribution in [0.25, 0.3) is 0 Å². The minimum absolute atomic E-state index is 0.751. The van der Waals surface area contributed by atoms with Crippen molar-refractivity contribution in [3.05, 3.63) is 0 Å². The number of ether oxygens (including phenoxy) is 1. The monoisotopic (exact) mass is 209 g/mol. The van der Waals surface area contributed by atoms with Gasteiger partial charge in [0.25, 0.3) is 0 Å². The molecule has 0 bridgehead atoms. The molecule has 0 amide bonds. The van der Waals surface area contributed by atoms with Crippen molar-refractivity contribution in [2.24, 2.45) is 23.7 Å². The zero-order chi connectivity index (χ0) is 10.3. The van der Waals surface area contributed by atoms with E-state index in [1.54, 1.807) is 0 Å². The van der Waals surface area contributed by atoms with Gasteiger partial charge in [0, 0.05) is 18.6 Å². The Bertz CT molecular complexity index is 213. The second kappa shape index (κ2) is 4.06. The van der Waals surface area contributed by atoms with E-state index in [0.29, 0.717) is 0 Å². The van der Waals surface area contributed by atoms with Gasteiger partial charge in [-0.25, -0.2) is 0 Å². The molecule has 2 saturated carbocycles. The summed E-state index contributed by atoms with van der Waals surface area (Å²) in [7, 11) is 2.15. The zero-order valence-corrected chi connectivity index (χ0v) is 9.74. The summed E-state index contributed by atoms with van der Waals surface area (Å²) in [4.78, 5) is 0. The largest absolute Gasteiger partial charge is 0.381 e. The van der Waals surface area contributed by atoms with Crippen LogP contribution in [0.2, 0.25) is 0 Å². The van der Waals surface area contributed by atoms with Crippen LogP contribution in [0.15, 0.2) is 0 Å². The van der Waals surface area contributed by atoms with Crippen molar-refractivity contribution in [3.8, 4) is 0 Å². The smallest absolute Gasteiger partial charge is 0.0510 e. The van der Waals surface area contributed by atoms with Crippen molar-refractivity contribution < 1.29 is 4.74 Å². The first kappa shape index (κ1) is 10.1. The number of nitrogens with one attached hydrogen (secondary N) is 1. The Hall–Kier alpha value is -0.0800. The maximum absolute atomic E-state index is 5.53. The highest BCUT2D eigenvalue weighted by Gasteiger charge is 2.55. The molecule has 3 rings (SSSR count). The van der Waals surface area contributed by atoms with Crippen LogP contribution in [0.5, 0.6) is 0 Å². The second-order valence-electron chi connectivity index (χ2n) is 5.63. The molecule has 3 aliphatic rings. The molecule has 1 heterocycles. The predicted octanol–water partition coefficient (Wildman–Crippen LogP) is 2.05. The van der Waals surface area contributed by atoms with Gasteiger partial charge in [-0.2, -0.15) is 0 Å². The van der Waals surface area contributed by atoms with Gasteiger partial charge >= 0.3 is 0 Å². The molecule has 4 atom stereocenters. The van der Waals surface area contributed by atoms with Crippen LogP contribution < -0.4 is 5.32 Å². The van der Waals surface area contributed by atoms with Crippen LogP contribution in [-0.4, -0.2) is 26.3 Å². The number of fused-ring (bicyclic) bond motifs is 1. The fourth-order valence-electron chi connectivity index (χ4n) is 4.16. The molecule has 2 aliphatic carbocycles. The lowest BCUT2D eigenvalue weighted by Crippen LogP contribution is -2.37. The van der Waals surface area contributed by atoms with E-state index >= 15 is 0 Å². The third kappa shape index (κ3) is 1.72. The molecular formula is C13H23NO. The SMILES string of the molecule is CNC(C1CCOC1)C1C2CCCCC21. The van der Waals surface area contributed by atoms with Crippen molar-refractivity contribution >= 4 is 0 Å². The minimum atomic E-state index is 0.751. The van der Waals surface area contributed by atoms with Gasteiger partial charge in [0.1, 0.15) is 0 Å². The number of hydrogen-bond acceptors (Lipinski definition) is 2. The lowest BCUT2D eigenvalue weighted by molar-refractivity contribution is 0.173. The Morgan fingerprint density at radius 3 is 2.40 bits per heavy atom. The Kier molecular flexibility index (Phi) is 2.73. The summed E-state index contributed by atoms with van der Waals surface area (Å²) in [6, 6.07) is 0.751. The highest BCUT2D eigenvalue weighted by Crippen LogP contribution is 2.58. The molecule has 0 aromatic heterocycles. The van der Waals surface area contributed by atoms with E-state index in [-0.39, 0.29) is 0 Å². The molecule has 2 nitrogen and oxygen atoms in total. The van der Waals surface area contributed by atoms with Gasteiger partial charge < -0.3 is 10.1 Å². The molecule has 86 valence electrons. The van der Waals surface area contributed by atoms with Crippen molar-refractivity contribution in [2.45, 2.75) is 38.1 Å². The highest BCUT2D eigenvalue weighted by atomic mass is 16.5. The predicted molar refractivity (Wildman–Crippen MR) is 60.7 cm³/mol. The fraction of sp³-hybridized carbons (Fsp3) is 1.00. The van der Waals surface area contributed by atoms with Crippen LogP contribution in [0.1, 0.15) is 32.1 Å². The van der Waals surface area contributed by atoms with Gasteiger partial charge in [0.2, 0.25) is 0 Å². The number of rotatable bonds is 3. The molecule has 4 unspecified atom stereocenters. The number of hydrogen-bond donors (Lipinski definition) is 1. The normalized spacial score (nSPS) is 46.2. The Morgan fingerprint density at radius 1 is 1.13 bits per heavy atom. The van der Waals surface area contributed by atoms with Crippen LogP contribution in [-0.2, 0) is 4.74 Å². The maximum Gasteiger partial charge on any atom is 0.0510 e. The van der Waals surface area contributed by atoms with E-state index in [9.17, 15) is 0 Å². The third-order valence-corrected chi connectivity index (χ3v) is 4.94. The summed E-state index contributed by atoms with van der Waals surface area (Å²) in [5.74, 6) is 3.92. The summed E-state index contributed by atoms with van der Waals surface area (Å²) < 4.78 is 5.53. The van der Waals surface area contributed by atoms with Gasteiger partial charge in [-0.3, -0.25) is 0 Å². The highest BCUT2D eigenvalue weighted by molar-refractivity contribution is 5.06. The van der Waals surface area contributed by atoms with Crippen LogP contribution in [0, 0.1) is 23.7 Å². The fourth-order valence-corrected chi connectivity index (χ4v) is 4.16. The Balaban J connectivity index is 1.64. The molecule has 3 fully saturated rings. The van der Waals surface area contributed by atoms with Crippen molar-refractivity contribution in [2.75, 3.05) is 20.3 Å². The molecular weight excluding hydrogens is 186 g/mol. The third-order valence-electron chi connectivity index (χ3n) is 4.94. The molecule has 1 saturated heterocycles. The molecule has 2 heteroatoms. The topological polar surface area (TPSA) is 21.3 Å². The van der Waals surface area contributed by atoms with Gasteiger partial charge in [0.05, 0.1) is 6.61 Å². The Morgan fingerprint density at radius 2 is 1.87 bits per heavy atom. The van der Waals surface area contributed by atoms with Gasteiger partial charge in [0.15, 0.2) is 0 Å². The van der Waals surface area contributed by atoms with Crippen LogP contribution >= 0.6 is 0 Å². The van der Waals surface area contributed by atoms with E-state index in [4.69, 9.17) is 4.74 Å². The molecule has 0 spiro atoms. The summed E-state index contributed by atoms with van der Waals surface area (Å²) in [5, 5.41) is 3.58. The van der Waals surface area contributed by atoms with Gasteiger partial charge in [-0.05, 0) is 44.1 Å². The lowest BCUT2D eigenvalue weighted by Gasteiger charge is -2.22. The first-order valence-corrected chi connectivity index (χ1v) is 6.67. The van der Waals surface area contributed by atoms with Gasteiger partial charge in [-0.15, -0.1) is 0 Å². The van der Waals surface area contributed by atoms with E-state index in [0.717, 1.165) is 42.9 Å². The quantitative estimate of drug-likeness (QED) is 0.768. The van der Waals surface area contributed by atoms with Crippen molar-refractivity contribution in [3.63, 3.8) is 0 Å². The van der Waals surface area contributed by atoms with E-state index in [1.807, 2.05) is 0 Å². The van der Waals surface area contributed by atoms with E-state index in [2.05, 4.69) is 12.4 Å². The summed E-state index contributed by atoms with van der Waals surface area (Å²) in [6.07, 6.45) is 7.24. The van der Waals surface area contributed by atoms with E-state index < -0.39 is 0 Å². The van der Waals surface area contributed by atoms with E-state index in [1.165, 1.54) is 32.1 Å². The van der Waals surface area contributed by atoms with Crippen molar-refractivity contribution in [1.82, 2.24) is 5.32 Å². The average Bonchev–Trinajstić information content (AvgIpc) is 2.74. The maximum atomic E-state index is 5.53. The average molecular weight is 209 g/mol. The first-order valence-electron chi connectivity index (χ1n) is 6.67.